The lowest BCUT2D eigenvalue weighted by atomic mass is 9.96. The van der Waals surface area contributed by atoms with Crippen molar-refractivity contribution < 1.29 is 9.21 Å². The molecule has 0 spiro atoms. The van der Waals surface area contributed by atoms with Crippen LogP contribution in [0, 0.1) is 12.8 Å². The van der Waals surface area contributed by atoms with Crippen molar-refractivity contribution in [1.29, 1.82) is 0 Å². The fourth-order valence-electron chi connectivity index (χ4n) is 2.62. The van der Waals surface area contributed by atoms with E-state index in [-0.39, 0.29) is 11.9 Å². The number of aryl methyl sites for hydroxylation is 1. The molecule has 124 valence electrons. The molecule has 0 aliphatic heterocycles. The summed E-state index contributed by atoms with van der Waals surface area (Å²) in [7, 11) is 1.80. The molecule has 0 aliphatic rings. The number of nitrogens with one attached hydrogen (secondary N) is 1. The summed E-state index contributed by atoms with van der Waals surface area (Å²) in [5.74, 6) is 2.13. The highest BCUT2D eigenvalue weighted by atomic mass is 16.3. The van der Waals surface area contributed by atoms with Crippen LogP contribution in [0.2, 0.25) is 0 Å². The molecule has 1 N–H and O–H groups in total. The number of rotatable bonds is 7. The van der Waals surface area contributed by atoms with Crippen LogP contribution in [0.3, 0.4) is 0 Å². The molecule has 1 amide bonds. The summed E-state index contributed by atoms with van der Waals surface area (Å²) in [5.41, 5.74) is 1.21. The van der Waals surface area contributed by atoms with Crippen LogP contribution >= 0.6 is 0 Å². The fourth-order valence-corrected chi connectivity index (χ4v) is 2.62. The van der Waals surface area contributed by atoms with Crippen LogP contribution in [0.15, 0.2) is 46.9 Å². The number of furan rings is 1. The third-order valence-electron chi connectivity index (χ3n) is 3.91. The van der Waals surface area contributed by atoms with Gasteiger partial charge in [0.2, 0.25) is 5.91 Å². The van der Waals surface area contributed by atoms with E-state index in [1.54, 1.807) is 11.9 Å². The Kier molecular flexibility index (Phi) is 5.99. The van der Waals surface area contributed by atoms with Gasteiger partial charge in [0.05, 0.1) is 13.1 Å². The van der Waals surface area contributed by atoms with Gasteiger partial charge in [0.25, 0.3) is 0 Å². The summed E-state index contributed by atoms with van der Waals surface area (Å²) in [5, 5.41) is 3.39. The molecule has 1 heterocycles. The van der Waals surface area contributed by atoms with Gasteiger partial charge in [0, 0.05) is 13.1 Å². The summed E-state index contributed by atoms with van der Waals surface area (Å²) < 4.78 is 5.52. The largest absolute Gasteiger partial charge is 0.464 e. The second kappa shape index (κ2) is 7.97. The first-order chi connectivity index (χ1) is 11.0. The Labute approximate surface area is 138 Å². The zero-order chi connectivity index (χ0) is 16.8. The Morgan fingerprint density at radius 2 is 1.87 bits per heavy atom. The number of hydrogen-bond donors (Lipinski definition) is 1. The summed E-state index contributed by atoms with van der Waals surface area (Å²) >= 11 is 0. The standard InChI is InChI=1S/C19H26N2O2/c1-14(2)19(16-8-6-5-7-9-16)20-12-18(22)21(4)13-17-11-10-15(3)23-17/h5-11,14,19-20H,12-13H2,1-4H3. The average molecular weight is 314 g/mol. The van der Waals surface area contributed by atoms with Crippen LogP contribution in [-0.4, -0.2) is 24.4 Å². The molecule has 1 unspecified atom stereocenters. The highest BCUT2D eigenvalue weighted by Gasteiger charge is 2.18. The first kappa shape index (κ1) is 17.3. The highest BCUT2D eigenvalue weighted by Crippen LogP contribution is 2.21. The lowest BCUT2D eigenvalue weighted by molar-refractivity contribution is -0.129. The Hall–Kier alpha value is -2.07. The first-order valence-corrected chi connectivity index (χ1v) is 8.05. The minimum atomic E-state index is 0.0561. The molecule has 0 aliphatic carbocycles. The summed E-state index contributed by atoms with van der Waals surface area (Å²) in [4.78, 5) is 14.0. The monoisotopic (exact) mass is 314 g/mol. The molecule has 1 atom stereocenters. The van der Waals surface area contributed by atoms with Crippen molar-refractivity contribution in [2.24, 2.45) is 5.92 Å². The van der Waals surface area contributed by atoms with Gasteiger partial charge in [0.15, 0.2) is 0 Å². The predicted molar refractivity (Wildman–Crippen MR) is 91.9 cm³/mol. The zero-order valence-electron chi connectivity index (χ0n) is 14.4. The lowest BCUT2D eigenvalue weighted by Crippen LogP contribution is -2.38. The number of nitrogens with zero attached hydrogens (tertiary/aromatic N) is 1. The summed E-state index contributed by atoms with van der Waals surface area (Å²) in [6.45, 7) is 7.02. The van der Waals surface area contributed by atoms with E-state index in [1.165, 1.54) is 5.56 Å². The van der Waals surface area contributed by atoms with Crippen LogP contribution in [-0.2, 0) is 11.3 Å². The molecule has 1 aromatic carbocycles. The van der Waals surface area contributed by atoms with Gasteiger partial charge in [-0.3, -0.25) is 4.79 Å². The maximum absolute atomic E-state index is 12.3. The Morgan fingerprint density at radius 1 is 1.17 bits per heavy atom. The molecule has 0 saturated heterocycles. The number of likely N-dealkylation sites (N-methyl/N-ethyl adjacent to an activating group) is 1. The molecule has 0 saturated carbocycles. The first-order valence-electron chi connectivity index (χ1n) is 8.05. The van der Waals surface area contributed by atoms with Crippen molar-refractivity contribution in [2.75, 3.05) is 13.6 Å². The lowest BCUT2D eigenvalue weighted by Gasteiger charge is -2.24. The van der Waals surface area contributed by atoms with Crippen molar-refractivity contribution in [3.8, 4) is 0 Å². The van der Waals surface area contributed by atoms with Gasteiger partial charge in [-0.2, -0.15) is 0 Å². The van der Waals surface area contributed by atoms with E-state index in [4.69, 9.17) is 4.42 Å². The molecule has 2 aromatic rings. The Bertz CT molecular complexity index is 619. The summed E-state index contributed by atoms with van der Waals surface area (Å²) in [6.07, 6.45) is 0. The van der Waals surface area contributed by atoms with Crippen LogP contribution < -0.4 is 5.32 Å². The number of hydrogen-bond acceptors (Lipinski definition) is 3. The molecule has 23 heavy (non-hydrogen) atoms. The van der Waals surface area contributed by atoms with Crippen molar-refractivity contribution in [3.05, 3.63) is 59.5 Å². The Morgan fingerprint density at radius 3 is 2.43 bits per heavy atom. The fraction of sp³-hybridized carbons (Fsp3) is 0.421. The molecule has 4 nitrogen and oxygen atoms in total. The van der Waals surface area contributed by atoms with Crippen LogP contribution in [0.25, 0.3) is 0 Å². The molecule has 0 bridgehead atoms. The number of carbonyl (C=O) groups is 1. The van der Waals surface area contributed by atoms with Gasteiger partial charge in [-0.05, 0) is 30.5 Å². The number of amides is 1. The van der Waals surface area contributed by atoms with Gasteiger partial charge in [0.1, 0.15) is 11.5 Å². The average Bonchev–Trinajstić information content (AvgIpc) is 2.93. The SMILES string of the molecule is Cc1ccc(CN(C)C(=O)CNC(c2ccccc2)C(C)C)o1. The van der Waals surface area contributed by atoms with E-state index in [0.29, 0.717) is 19.0 Å². The van der Waals surface area contributed by atoms with Gasteiger partial charge in [-0.25, -0.2) is 0 Å². The van der Waals surface area contributed by atoms with E-state index in [9.17, 15) is 4.79 Å². The zero-order valence-corrected chi connectivity index (χ0v) is 14.4. The van der Waals surface area contributed by atoms with E-state index >= 15 is 0 Å². The van der Waals surface area contributed by atoms with Gasteiger partial charge < -0.3 is 14.6 Å². The number of carbonyl (C=O) groups excluding carboxylic acids is 1. The van der Waals surface area contributed by atoms with Crippen LogP contribution in [0.4, 0.5) is 0 Å². The minimum absolute atomic E-state index is 0.0561. The normalized spacial score (nSPS) is 12.4. The summed E-state index contributed by atoms with van der Waals surface area (Å²) in [6, 6.07) is 14.2. The van der Waals surface area contributed by atoms with E-state index in [1.807, 2.05) is 37.3 Å². The molecule has 0 fully saturated rings. The smallest absolute Gasteiger partial charge is 0.236 e. The topological polar surface area (TPSA) is 45.5 Å². The van der Waals surface area contributed by atoms with Crippen molar-refractivity contribution in [2.45, 2.75) is 33.4 Å². The molecule has 4 heteroatoms. The molecule has 2 rings (SSSR count). The van der Waals surface area contributed by atoms with Gasteiger partial charge >= 0.3 is 0 Å². The molecule has 1 aromatic heterocycles. The molecular formula is C19H26N2O2. The second-order valence-electron chi connectivity index (χ2n) is 6.28. The van der Waals surface area contributed by atoms with E-state index in [0.717, 1.165) is 11.5 Å². The van der Waals surface area contributed by atoms with Crippen LogP contribution in [0.5, 0.6) is 0 Å². The van der Waals surface area contributed by atoms with Gasteiger partial charge in [-0.15, -0.1) is 0 Å². The maximum Gasteiger partial charge on any atom is 0.236 e. The Balaban J connectivity index is 1.91. The van der Waals surface area contributed by atoms with Crippen molar-refractivity contribution in [1.82, 2.24) is 10.2 Å². The molecule has 0 radical (unpaired) electrons. The van der Waals surface area contributed by atoms with Gasteiger partial charge in [-0.1, -0.05) is 44.2 Å². The quantitative estimate of drug-likeness (QED) is 0.850. The van der Waals surface area contributed by atoms with Crippen LogP contribution in [0.1, 0.15) is 37.0 Å². The van der Waals surface area contributed by atoms with Crippen molar-refractivity contribution in [3.63, 3.8) is 0 Å². The maximum atomic E-state index is 12.3. The van der Waals surface area contributed by atoms with Crippen molar-refractivity contribution >= 4 is 5.91 Å². The van der Waals surface area contributed by atoms with E-state index in [2.05, 4.69) is 31.3 Å². The third-order valence-corrected chi connectivity index (χ3v) is 3.91. The second-order valence-corrected chi connectivity index (χ2v) is 6.28. The molecular weight excluding hydrogens is 288 g/mol. The van der Waals surface area contributed by atoms with E-state index < -0.39 is 0 Å². The highest BCUT2D eigenvalue weighted by molar-refractivity contribution is 5.78. The minimum Gasteiger partial charge on any atom is -0.464 e. The predicted octanol–water partition coefficient (Wildman–Crippen LogP) is 3.53. The number of benzene rings is 1. The third kappa shape index (κ3) is 4.96.